The van der Waals surface area contributed by atoms with E-state index >= 15 is 0 Å². The van der Waals surface area contributed by atoms with Gasteiger partial charge in [0.1, 0.15) is 29.3 Å². The number of aromatic nitrogens is 3. The Kier molecular flexibility index (Phi) is 7.60. The number of halogens is 2. The van der Waals surface area contributed by atoms with Crippen molar-refractivity contribution in [1.29, 1.82) is 0 Å². The van der Waals surface area contributed by atoms with Gasteiger partial charge < -0.3 is 21.1 Å². The van der Waals surface area contributed by atoms with Crippen LogP contribution in [0.4, 0.5) is 20.4 Å². The number of amides is 1. The molecule has 198 valence electrons. The second kappa shape index (κ2) is 11.4. The monoisotopic (exact) mass is 546 g/mol. The number of carbonyl (C=O) groups is 1. The first-order chi connectivity index (χ1) is 18.9. The third-order valence-corrected chi connectivity index (χ3v) is 7.05. The smallest absolute Gasteiger partial charge is 0.259 e. The molecule has 0 radical (unpaired) electrons. The van der Waals surface area contributed by atoms with Crippen molar-refractivity contribution in [2.45, 2.75) is 20.0 Å². The van der Waals surface area contributed by atoms with Crippen molar-refractivity contribution in [2.75, 3.05) is 17.7 Å². The Balaban J connectivity index is 1.33. The Hall–Kier alpha value is -4.64. The second-order valence-corrected chi connectivity index (χ2v) is 9.68. The van der Waals surface area contributed by atoms with Gasteiger partial charge in [-0.2, -0.15) is 0 Å². The first-order valence-electron chi connectivity index (χ1n) is 12.1. The summed E-state index contributed by atoms with van der Waals surface area (Å²) in [5, 5.41) is 6.77. The molecule has 0 saturated heterocycles. The molecule has 3 heterocycles. The Morgan fingerprint density at radius 3 is 2.69 bits per heavy atom. The molecule has 8 nitrogen and oxygen atoms in total. The number of carbonyl (C=O) groups excluding carboxylic acids is 1. The van der Waals surface area contributed by atoms with E-state index in [0.717, 1.165) is 38.4 Å². The number of hydrogen-bond donors (Lipinski definition) is 3. The average Bonchev–Trinajstić information content (AvgIpc) is 3.42. The number of hydrogen-bond acceptors (Lipinski definition) is 8. The maximum Gasteiger partial charge on any atom is 0.259 e. The number of nitrogens with two attached hydrogens (primary N) is 1. The average molecular weight is 547 g/mol. The molecular weight excluding hydrogens is 522 g/mol. The van der Waals surface area contributed by atoms with Gasteiger partial charge in [-0.3, -0.25) is 4.79 Å². The molecule has 1 amide bonds. The topological polar surface area (TPSA) is 115 Å². The maximum absolute atomic E-state index is 13.6. The van der Waals surface area contributed by atoms with Gasteiger partial charge in [0.2, 0.25) is 0 Å². The Morgan fingerprint density at radius 2 is 1.87 bits per heavy atom. The van der Waals surface area contributed by atoms with Crippen LogP contribution in [0.1, 0.15) is 27.7 Å². The van der Waals surface area contributed by atoms with Gasteiger partial charge in [0.15, 0.2) is 11.6 Å². The van der Waals surface area contributed by atoms with Gasteiger partial charge in [-0.15, -0.1) is 11.3 Å². The quantitative estimate of drug-likeness (QED) is 0.222. The number of benzene rings is 2. The predicted octanol–water partition coefficient (Wildman–Crippen LogP) is 5.55. The zero-order valence-electron chi connectivity index (χ0n) is 20.9. The summed E-state index contributed by atoms with van der Waals surface area (Å²) in [7, 11) is 0. The molecule has 4 N–H and O–H groups in total. The molecule has 5 aromatic rings. The number of nitrogens with one attached hydrogen (secondary N) is 2. The van der Waals surface area contributed by atoms with E-state index in [2.05, 4.69) is 25.6 Å². The van der Waals surface area contributed by atoms with Crippen molar-refractivity contribution >= 4 is 39.8 Å². The minimum absolute atomic E-state index is 0.00549. The van der Waals surface area contributed by atoms with Crippen LogP contribution in [0.2, 0.25) is 0 Å². The zero-order chi connectivity index (χ0) is 27.4. The second-order valence-electron chi connectivity index (χ2n) is 8.51. The van der Waals surface area contributed by atoms with E-state index in [1.165, 1.54) is 12.4 Å². The van der Waals surface area contributed by atoms with E-state index in [1.807, 2.05) is 37.3 Å². The van der Waals surface area contributed by atoms with E-state index in [4.69, 9.17) is 10.5 Å². The van der Waals surface area contributed by atoms with Crippen molar-refractivity contribution < 1.29 is 18.3 Å². The van der Waals surface area contributed by atoms with Gasteiger partial charge in [-0.1, -0.05) is 12.1 Å². The van der Waals surface area contributed by atoms with Gasteiger partial charge in [0.05, 0.1) is 18.7 Å². The summed E-state index contributed by atoms with van der Waals surface area (Å²) in [4.78, 5) is 27.9. The van der Waals surface area contributed by atoms with Crippen LogP contribution in [0.5, 0.6) is 5.75 Å². The Labute approximate surface area is 226 Å². The molecule has 0 saturated carbocycles. The van der Waals surface area contributed by atoms with E-state index in [-0.39, 0.29) is 12.1 Å². The van der Waals surface area contributed by atoms with Gasteiger partial charge in [0.25, 0.3) is 5.91 Å². The Bertz CT molecular complexity index is 1660. The molecule has 0 aliphatic rings. The Morgan fingerprint density at radius 1 is 1.00 bits per heavy atom. The van der Waals surface area contributed by atoms with Crippen LogP contribution in [0, 0.1) is 11.6 Å². The zero-order valence-corrected chi connectivity index (χ0v) is 21.7. The summed E-state index contributed by atoms with van der Waals surface area (Å²) in [6.07, 6.45) is 3.00. The molecule has 39 heavy (non-hydrogen) atoms. The minimum atomic E-state index is -0.976. The van der Waals surface area contributed by atoms with E-state index < -0.39 is 17.5 Å². The van der Waals surface area contributed by atoms with Crippen molar-refractivity contribution in [3.63, 3.8) is 0 Å². The number of nitrogen functional groups attached to an aromatic ring is 1. The first-order valence-corrected chi connectivity index (χ1v) is 12.9. The summed E-state index contributed by atoms with van der Waals surface area (Å²) in [5.74, 6) is -1.25. The van der Waals surface area contributed by atoms with Gasteiger partial charge in [0, 0.05) is 27.9 Å². The number of ether oxygens (including phenoxy) is 1. The molecule has 0 spiro atoms. The number of fused-ring (bicyclic) bond motifs is 1. The van der Waals surface area contributed by atoms with Crippen LogP contribution in [0.3, 0.4) is 0 Å². The fourth-order valence-electron chi connectivity index (χ4n) is 4.02. The molecule has 0 atom stereocenters. The normalized spacial score (nSPS) is 10.9. The fraction of sp³-hybridized carbons (Fsp3) is 0.143. The highest BCUT2D eigenvalue weighted by molar-refractivity contribution is 7.15. The number of pyridine rings is 1. The minimum Gasteiger partial charge on any atom is -0.493 e. The molecule has 2 aromatic carbocycles. The third kappa shape index (κ3) is 5.78. The van der Waals surface area contributed by atoms with Crippen LogP contribution in [0.15, 0.2) is 67.1 Å². The predicted molar refractivity (Wildman–Crippen MR) is 148 cm³/mol. The summed E-state index contributed by atoms with van der Waals surface area (Å²) in [6.45, 7) is 2.58. The lowest BCUT2D eigenvalue weighted by Crippen LogP contribution is -2.25. The highest BCUT2D eigenvalue weighted by Crippen LogP contribution is 2.32. The molecule has 0 aliphatic heterocycles. The summed E-state index contributed by atoms with van der Waals surface area (Å²) >= 11 is 1.59. The van der Waals surface area contributed by atoms with E-state index in [9.17, 15) is 13.6 Å². The number of rotatable bonds is 9. The first kappa shape index (κ1) is 26.0. The van der Waals surface area contributed by atoms with E-state index in [0.29, 0.717) is 36.1 Å². The highest BCUT2D eigenvalue weighted by atomic mass is 32.1. The number of thiophene rings is 1. The number of anilines is 2. The molecule has 0 bridgehead atoms. The van der Waals surface area contributed by atoms with Crippen molar-refractivity contribution in [3.8, 4) is 16.2 Å². The van der Waals surface area contributed by atoms with Crippen LogP contribution < -0.4 is 21.1 Å². The lowest BCUT2D eigenvalue weighted by Gasteiger charge is -2.15. The highest BCUT2D eigenvalue weighted by Gasteiger charge is 2.19. The molecule has 0 aliphatic carbocycles. The third-order valence-electron chi connectivity index (χ3n) is 5.92. The maximum atomic E-state index is 13.6. The lowest BCUT2D eigenvalue weighted by molar-refractivity contribution is 0.0947. The fourth-order valence-corrected chi connectivity index (χ4v) is 4.97. The van der Waals surface area contributed by atoms with Crippen LogP contribution in [-0.2, 0) is 13.1 Å². The van der Waals surface area contributed by atoms with Gasteiger partial charge in [-0.05, 0) is 60.5 Å². The molecule has 5 rings (SSSR count). The van der Waals surface area contributed by atoms with Crippen molar-refractivity contribution in [2.24, 2.45) is 0 Å². The molecule has 0 unspecified atom stereocenters. The van der Waals surface area contributed by atoms with Crippen LogP contribution >= 0.6 is 11.3 Å². The summed E-state index contributed by atoms with van der Waals surface area (Å²) in [6, 6.07) is 15.0. The van der Waals surface area contributed by atoms with Gasteiger partial charge >= 0.3 is 0 Å². The summed E-state index contributed by atoms with van der Waals surface area (Å²) < 4.78 is 32.5. The largest absolute Gasteiger partial charge is 0.493 e. The van der Waals surface area contributed by atoms with Crippen molar-refractivity contribution in [1.82, 2.24) is 20.3 Å². The molecule has 3 aromatic heterocycles. The summed E-state index contributed by atoms with van der Waals surface area (Å²) in [5.41, 5.74) is 8.44. The molecular formula is C28H24F2N6O2S. The number of nitrogens with zero attached hydrogens (tertiary/aromatic N) is 3. The van der Waals surface area contributed by atoms with Crippen LogP contribution in [0.25, 0.3) is 21.3 Å². The standard InChI is InChI=1S/C28H24F2N6O2S/c1-2-38-23-9-10-32-27(25(23)28(37)34-13-16-3-6-20(29)21(30)11-16)33-14-18-5-8-24(39-18)17-4-7-22-19(12-17)26(31)36-15-35-22/h3-12,15H,2,13-14H2,1H3,(H,32,33)(H,34,37)(H2,31,35,36). The van der Waals surface area contributed by atoms with E-state index in [1.54, 1.807) is 23.6 Å². The molecule has 11 heteroatoms. The van der Waals surface area contributed by atoms with Crippen molar-refractivity contribution in [3.05, 3.63) is 94.8 Å². The van der Waals surface area contributed by atoms with Crippen LogP contribution in [-0.4, -0.2) is 27.5 Å². The van der Waals surface area contributed by atoms with Gasteiger partial charge in [-0.25, -0.2) is 23.7 Å². The molecule has 0 fully saturated rings. The SMILES string of the molecule is CCOc1ccnc(NCc2ccc(-c3ccc4ncnc(N)c4c3)s2)c1C(=O)NCc1ccc(F)c(F)c1. The lowest BCUT2D eigenvalue weighted by atomic mass is 10.1.